The van der Waals surface area contributed by atoms with E-state index in [9.17, 15) is 9.90 Å². The molecule has 0 bridgehead atoms. The Morgan fingerprint density at radius 2 is 1.61 bits per heavy atom. The molecule has 0 saturated carbocycles. The summed E-state index contributed by atoms with van der Waals surface area (Å²) in [5.74, 6) is 0.405. The van der Waals surface area contributed by atoms with Gasteiger partial charge in [0, 0.05) is 5.92 Å². The summed E-state index contributed by atoms with van der Waals surface area (Å²) in [6, 6.07) is 17.7. The molecule has 2 aromatic carbocycles. The molecule has 2 rings (SSSR count). The summed E-state index contributed by atoms with van der Waals surface area (Å²) in [7, 11) is 1.62. The summed E-state index contributed by atoms with van der Waals surface area (Å²) in [4.78, 5) is 11.4. The van der Waals surface area contributed by atoms with E-state index in [0.29, 0.717) is 6.42 Å². The number of ether oxygens (including phenoxy) is 1. The van der Waals surface area contributed by atoms with Crippen molar-refractivity contribution in [1.82, 2.24) is 0 Å². The molecule has 2 aromatic rings. The number of carbonyl (C=O) groups excluding carboxylic acids is 1. The van der Waals surface area contributed by atoms with E-state index in [1.807, 2.05) is 61.5 Å². The van der Waals surface area contributed by atoms with Gasteiger partial charge in [-0.05, 0) is 42.0 Å². The molecule has 1 unspecified atom stereocenters. The van der Waals surface area contributed by atoms with Crippen LogP contribution in [-0.4, -0.2) is 24.6 Å². The molecule has 23 heavy (non-hydrogen) atoms. The molecule has 0 aromatic heterocycles. The lowest BCUT2D eigenvalue weighted by Crippen LogP contribution is -2.31. The van der Waals surface area contributed by atoms with Crippen LogP contribution in [0, 0.1) is 11.8 Å². The van der Waals surface area contributed by atoms with Gasteiger partial charge in [-0.1, -0.05) is 49.4 Å². The number of benzene rings is 2. The first-order valence-electron chi connectivity index (χ1n) is 7.94. The van der Waals surface area contributed by atoms with Crippen molar-refractivity contribution in [3.05, 3.63) is 65.7 Å². The minimum atomic E-state index is -0.658. The van der Waals surface area contributed by atoms with Crippen molar-refractivity contribution < 1.29 is 14.6 Å². The first-order chi connectivity index (χ1) is 11.1. The monoisotopic (exact) mass is 312 g/mol. The molecule has 3 heteroatoms. The highest BCUT2D eigenvalue weighted by molar-refractivity contribution is 5.55. The van der Waals surface area contributed by atoms with Gasteiger partial charge in [-0.15, -0.1) is 0 Å². The Hall–Kier alpha value is -2.13. The van der Waals surface area contributed by atoms with Crippen LogP contribution in [0.15, 0.2) is 54.6 Å². The summed E-state index contributed by atoms with van der Waals surface area (Å²) >= 11 is 0. The number of carbonyl (C=O) groups is 1. The Bertz CT molecular complexity index is 592. The van der Waals surface area contributed by atoms with Gasteiger partial charge in [0.25, 0.3) is 0 Å². The normalized spacial score (nSPS) is 14.7. The van der Waals surface area contributed by atoms with Gasteiger partial charge in [-0.25, -0.2) is 0 Å². The number of methoxy groups -OCH3 is 1. The average molecular weight is 312 g/mol. The van der Waals surface area contributed by atoms with E-state index in [0.717, 1.165) is 24.0 Å². The highest BCUT2D eigenvalue weighted by Gasteiger charge is 2.25. The van der Waals surface area contributed by atoms with E-state index < -0.39 is 12.0 Å². The van der Waals surface area contributed by atoms with Crippen molar-refractivity contribution in [1.29, 1.82) is 0 Å². The molecule has 0 saturated heterocycles. The number of aliphatic hydroxyl groups excluding tert-OH is 1. The Morgan fingerprint density at radius 1 is 1.00 bits per heavy atom. The maximum absolute atomic E-state index is 11.4. The van der Waals surface area contributed by atoms with Crippen LogP contribution in [0.3, 0.4) is 0 Å². The number of hydrogen-bond donors (Lipinski definition) is 1. The van der Waals surface area contributed by atoms with Gasteiger partial charge in [0.05, 0.1) is 13.2 Å². The molecule has 1 N–H and O–H groups in total. The quantitative estimate of drug-likeness (QED) is 0.761. The molecule has 122 valence electrons. The van der Waals surface area contributed by atoms with E-state index in [1.54, 1.807) is 7.11 Å². The summed E-state index contributed by atoms with van der Waals surface area (Å²) in [5, 5.41) is 10.5. The Kier molecular flexibility index (Phi) is 6.36. The third-order valence-electron chi connectivity index (χ3n) is 4.23. The predicted molar refractivity (Wildman–Crippen MR) is 91.6 cm³/mol. The first kappa shape index (κ1) is 17.2. The third-order valence-corrected chi connectivity index (χ3v) is 4.23. The van der Waals surface area contributed by atoms with Gasteiger partial charge in [0.1, 0.15) is 12.0 Å². The van der Waals surface area contributed by atoms with Crippen LogP contribution in [0.4, 0.5) is 0 Å². The van der Waals surface area contributed by atoms with Gasteiger partial charge in [-0.2, -0.15) is 0 Å². The first-order valence-corrected chi connectivity index (χ1v) is 7.94. The molecular weight excluding hydrogens is 288 g/mol. The highest BCUT2D eigenvalue weighted by Crippen LogP contribution is 2.21. The van der Waals surface area contributed by atoms with E-state index in [1.165, 1.54) is 5.56 Å². The zero-order valence-corrected chi connectivity index (χ0v) is 13.7. The smallest absolute Gasteiger partial charge is 0.125 e. The summed E-state index contributed by atoms with van der Waals surface area (Å²) in [6.07, 6.45) is 1.51. The minimum Gasteiger partial charge on any atom is -0.497 e. The lowest BCUT2D eigenvalue weighted by Gasteiger charge is -2.24. The van der Waals surface area contributed by atoms with Gasteiger partial charge in [-0.3, -0.25) is 0 Å². The fourth-order valence-electron chi connectivity index (χ4n) is 2.81. The van der Waals surface area contributed by atoms with Gasteiger partial charge < -0.3 is 14.6 Å². The number of rotatable bonds is 8. The molecule has 0 spiro atoms. The largest absolute Gasteiger partial charge is 0.497 e. The molecule has 0 aliphatic carbocycles. The van der Waals surface area contributed by atoms with Gasteiger partial charge in [0.15, 0.2) is 0 Å². The van der Waals surface area contributed by atoms with Crippen molar-refractivity contribution in [3.63, 3.8) is 0 Å². The molecule has 0 fully saturated rings. The van der Waals surface area contributed by atoms with Crippen molar-refractivity contribution >= 4 is 6.29 Å². The highest BCUT2D eigenvalue weighted by atomic mass is 16.5. The molecule has 0 amide bonds. The topological polar surface area (TPSA) is 46.5 Å². The van der Waals surface area contributed by atoms with Gasteiger partial charge in [0.2, 0.25) is 0 Å². The maximum atomic E-state index is 11.4. The minimum absolute atomic E-state index is 0.0193. The molecule has 0 heterocycles. The molecule has 3 nitrogen and oxygen atoms in total. The zero-order valence-electron chi connectivity index (χ0n) is 13.7. The maximum Gasteiger partial charge on any atom is 0.125 e. The molecule has 0 aliphatic rings. The second kappa shape index (κ2) is 8.49. The SMILES string of the molecule is COc1ccc(CC(C=O)[C@H](O)[C@H](C)Cc2ccccc2)cc1. The molecule has 0 aliphatic heterocycles. The average Bonchev–Trinajstić information content (AvgIpc) is 2.60. The summed E-state index contributed by atoms with van der Waals surface area (Å²) < 4.78 is 5.13. The van der Waals surface area contributed by atoms with Crippen LogP contribution in [0.5, 0.6) is 5.75 Å². The third kappa shape index (κ3) is 4.93. The van der Waals surface area contributed by atoms with Gasteiger partial charge >= 0.3 is 0 Å². The van der Waals surface area contributed by atoms with Crippen LogP contribution >= 0.6 is 0 Å². The lowest BCUT2D eigenvalue weighted by molar-refractivity contribution is -0.115. The van der Waals surface area contributed by atoms with E-state index in [2.05, 4.69) is 0 Å². The van der Waals surface area contributed by atoms with Crippen molar-refractivity contribution in [2.24, 2.45) is 11.8 Å². The second-order valence-electron chi connectivity index (χ2n) is 6.01. The van der Waals surface area contributed by atoms with Crippen LogP contribution in [-0.2, 0) is 17.6 Å². The van der Waals surface area contributed by atoms with E-state index >= 15 is 0 Å². The summed E-state index contributed by atoms with van der Waals surface area (Å²) in [5.41, 5.74) is 2.20. The van der Waals surface area contributed by atoms with Crippen molar-refractivity contribution in [2.45, 2.75) is 25.9 Å². The summed E-state index contributed by atoms with van der Waals surface area (Å²) in [6.45, 7) is 1.99. The van der Waals surface area contributed by atoms with E-state index in [-0.39, 0.29) is 5.92 Å². The Labute approximate surface area is 137 Å². The number of aldehydes is 1. The van der Waals surface area contributed by atoms with Crippen LogP contribution in [0.1, 0.15) is 18.1 Å². The van der Waals surface area contributed by atoms with Crippen LogP contribution < -0.4 is 4.74 Å². The van der Waals surface area contributed by atoms with Crippen molar-refractivity contribution in [3.8, 4) is 5.75 Å². The van der Waals surface area contributed by atoms with Crippen LogP contribution in [0.2, 0.25) is 0 Å². The standard InChI is InChI=1S/C20H24O3/c1-15(12-16-6-4-3-5-7-16)20(22)18(14-21)13-17-8-10-19(23-2)11-9-17/h3-11,14-15,18,20,22H,12-13H2,1-2H3/t15-,18?,20-/m1/s1. The predicted octanol–water partition coefficient (Wildman–Crippen LogP) is 3.29. The van der Waals surface area contributed by atoms with Crippen LogP contribution in [0.25, 0.3) is 0 Å². The van der Waals surface area contributed by atoms with Crippen molar-refractivity contribution in [2.75, 3.05) is 7.11 Å². The molecule has 3 atom stereocenters. The number of aliphatic hydroxyl groups is 1. The Morgan fingerprint density at radius 3 is 2.17 bits per heavy atom. The number of hydrogen-bond acceptors (Lipinski definition) is 3. The molecule has 0 radical (unpaired) electrons. The molecular formula is C20H24O3. The Balaban J connectivity index is 1.99. The van der Waals surface area contributed by atoms with E-state index in [4.69, 9.17) is 4.74 Å². The fraction of sp³-hybridized carbons (Fsp3) is 0.350. The lowest BCUT2D eigenvalue weighted by atomic mass is 9.85. The second-order valence-corrected chi connectivity index (χ2v) is 6.01. The zero-order chi connectivity index (χ0) is 16.7. The fourth-order valence-corrected chi connectivity index (χ4v) is 2.81.